The second-order valence-electron chi connectivity index (χ2n) is 7.34. The molecule has 0 aliphatic carbocycles. The summed E-state index contributed by atoms with van der Waals surface area (Å²) in [6, 6.07) is 12.2. The molecule has 0 saturated carbocycles. The van der Waals surface area contributed by atoms with E-state index in [4.69, 9.17) is 0 Å². The average Bonchev–Trinajstić information content (AvgIpc) is 2.52. The van der Waals surface area contributed by atoms with E-state index in [0.29, 0.717) is 16.8 Å². The molecule has 5 nitrogen and oxygen atoms in total. The van der Waals surface area contributed by atoms with Gasteiger partial charge in [0.2, 0.25) is 10.0 Å². The SMILES string of the molecule is CCc1cccc(NC(=O)c2cc(S(=O)(=O)NC(C)(C)C)ccc2C)c1. The van der Waals surface area contributed by atoms with Gasteiger partial charge in [-0.25, -0.2) is 13.1 Å². The van der Waals surface area contributed by atoms with Crippen LogP contribution >= 0.6 is 0 Å². The van der Waals surface area contributed by atoms with Crippen LogP contribution in [0.4, 0.5) is 5.69 Å². The maximum absolute atomic E-state index is 12.7. The molecule has 0 fully saturated rings. The Morgan fingerprint density at radius 3 is 2.38 bits per heavy atom. The fraction of sp³-hybridized carbons (Fsp3) is 0.350. The third-order valence-electron chi connectivity index (χ3n) is 3.80. The summed E-state index contributed by atoms with van der Waals surface area (Å²) < 4.78 is 27.7. The van der Waals surface area contributed by atoms with Gasteiger partial charge in [-0.1, -0.05) is 25.1 Å². The molecule has 26 heavy (non-hydrogen) atoms. The second-order valence-corrected chi connectivity index (χ2v) is 9.02. The Morgan fingerprint density at radius 2 is 1.77 bits per heavy atom. The number of carbonyl (C=O) groups excluding carboxylic acids is 1. The summed E-state index contributed by atoms with van der Waals surface area (Å²) in [6.07, 6.45) is 0.870. The monoisotopic (exact) mass is 374 g/mol. The van der Waals surface area contributed by atoms with E-state index < -0.39 is 15.6 Å². The molecule has 0 spiro atoms. The van der Waals surface area contributed by atoms with Gasteiger partial charge in [0, 0.05) is 16.8 Å². The molecule has 0 radical (unpaired) electrons. The predicted octanol–water partition coefficient (Wildman–Crippen LogP) is 3.89. The van der Waals surface area contributed by atoms with E-state index in [2.05, 4.69) is 10.0 Å². The molecule has 0 aliphatic rings. The number of amides is 1. The van der Waals surface area contributed by atoms with E-state index in [1.165, 1.54) is 12.1 Å². The first kappa shape index (κ1) is 20.1. The number of rotatable bonds is 5. The summed E-state index contributed by atoms with van der Waals surface area (Å²) in [6.45, 7) is 9.14. The highest BCUT2D eigenvalue weighted by Crippen LogP contribution is 2.19. The van der Waals surface area contributed by atoms with Gasteiger partial charge < -0.3 is 5.32 Å². The first-order valence-corrected chi connectivity index (χ1v) is 10.0. The van der Waals surface area contributed by atoms with Gasteiger partial charge in [0.25, 0.3) is 5.91 Å². The fourth-order valence-electron chi connectivity index (χ4n) is 2.54. The number of anilines is 1. The van der Waals surface area contributed by atoms with Crippen molar-refractivity contribution in [2.75, 3.05) is 5.32 Å². The Hall–Kier alpha value is -2.18. The van der Waals surface area contributed by atoms with Crippen LogP contribution in [0, 0.1) is 6.92 Å². The number of nitrogens with one attached hydrogen (secondary N) is 2. The van der Waals surface area contributed by atoms with E-state index >= 15 is 0 Å². The molecule has 0 heterocycles. The largest absolute Gasteiger partial charge is 0.322 e. The lowest BCUT2D eigenvalue weighted by Crippen LogP contribution is -2.40. The van der Waals surface area contributed by atoms with Gasteiger partial charge in [-0.2, -0.15) is 0 Å². The zero-order chi connectivity index (χ0) is 19.5. The van der Waals surface area contributed by atoms with Crippen LogP contribution in [0.15, 0.2) is 47.4 Å². The summed E-state index contributed by atoms with van der Waals surface area (Å²) in [4.78, 5) is 12.7. The summed E-state index contributed by atoms with van der Waals surface area (Å²) in [7, 11) is -3.70. The Kier molecular flexibility index (Phi) is 5.88. The van der Waals surface area contributed by atoms with E-state index in [1.54, 1.807) is 33.8 Å². The first-order chi connectivity index (χ1) is 12.0. The zero-order valence-electron chi connectivity index (χ0n) is 15.9. The molecule has 0 aliphatic heterocycles. The van der Waals surface area contributed by atoms with Gasteiger partial charge in [0.05, 0.1) is 4.90 Å². The molecule has 2 aromatic rings. The van der Waals surface area contributed by atoms with E-state index in [9.17, 15) is 13.2 Å². The fourth-order valence-corrected chi connectivity index (χ4v) is 3.99. The molecular weight excluding hydrogens is 348 g/mol. The summed E-state index contributed by atoms with van der Waals surface area (Å²) in [5, 5.41) is 2.85. The maximum Gasteiger partial charge on any atom is 0.255 e. The molecule has 0 unspecified atom stereocenters. The lowest BCUT2D eigenvalue weighted by atomic mass is 10.1. The second kappa shape index (κ2) is 7.60. The van der Waals surface area contributed by atoms with Gasteiger partial charge in [-0.05, 0) is 69.5 Å². The van der Waals surface area contributed by atoms with Crippen LogP contribution in [0.3, 0.4) is 0 Å². The van der Waals surface area contributed by atoms with Gasteiger partial charge in [0.1, 0.15) is 0 Å². The summed E-state index contributed by atoms with van der Waals surface area (Å²) in [5.41, 5.74) is 2.25. The Bertz CT molecular complexity index is 913. The predicted molar refractivity (Wildman–Crippen MR) is 105 cm³/mol. The van der Waals surface area contributed by atoms with Crippen molar-refractivity contribution in [3.8, 4) is 0 Å². The van der Waals surface area contributed by atoms with Crippen molar-refractivity contribution >= 4 is 21.6 Å². The molecule has 0 atom stereocenters. The summed E-state index contributed by atoms with van der Waals surface area (Å²) >= 11 is 0. The molecule has 2 rings (SSSR count). The molecule has 6 heteroatoms. The Labute approximate surface area is 155 Å². The zero-order valence-corrected chi connectivity index (χ0v) is 16.7. The van der Waals surface area contributed by atoms with Crippen molar-refractivity contribution < 1.29 is 13.2 Å². The van der Waals surface area contributed by atoms with Gasteiger partial charge in [-0.3, -0.25) is 4.79 Å². The highest BCUT2D eigenvalue weighted by molar-refractivity contribution is 7.89. The van der Waals surface area contributed by atoms with Gasteiger partial charge >= 0.3 is 0 Å². The van der Waals surface area contributed by atoms with Crippen molar-refractivity contribution in [3.63, 3.8) is 0 Å². The number of aryl methyl sites for hydroxylation is 2. The van der Waals surface area contributed by atoms with Crippen molar-refractivity contribution in [2.24, 2.45) is 0 Å². The molecule has 2 aromatic carbocycles. The first-order valence-electron chi connectivity index (χ1n) is 8.57. The van der Waals surface area contributed by atoms with Crippen molar-refractivity contribution in [3.05, 3.63) is 59.2 Å². The summed E-state index contributed by atoms with van der Waals surface area (Å²) in [5.74, 6) is -0.330. The molecular formula is C20H26N2O3S. The highest BCUT2D eigenvalue weighted by Gasteiger charge is 2.23. The smallest absolute Gasteiger partial charge is 0.255 e. The Morgan fingerprint density at radius 1 is 1.08 bits per heavy atom. The van der Waals surface area contributed by atoms with Gasteiger partial charge in [-0.15, -0.1) is 0 Å². The highest BCUT2D eigenvalue weighted by atomic mass is 32.2. The number of benzene rings is 2. The molecule has 140 valence electrons. The molecule has 0 bridgehead atoms. The van der Waals surface area contributed by atoms with Crippen molar-refractivity contribution in [1.82, 2.24) is 4.72 Å². The third-order valence-corrected chi connectivity index (χ3v) is 5.55. The molecule has 0 saturated heterocycles. The molecule has 2 N–H and O–H groups in total. The molecule has 1 amide bonds. The maximum atomic E-state index is 12.7. The van der Waals surface area contributed by atoms with Crippen LogP contribution in [-0.4, -0.2) is 19.9 Å². The van der Waals surface area contributed by atoms with E-state index in [-0.39, 0.29) is 10.8 Å². The number of carbonyl (C=O) groups is 1. The van der Waals surface area contributed by atoms with Crippen LogP contribution in [0.5, 0.6) is 0 Å². The number of hydrogen-bond donors (Lipinski definition) is 2. The van der Waals surface area contributed by atoms with Crippen LogP contribution in [0.25, 0.3) is 0 Å². The van der Waals surface area contributed by atoms with E-state index in [0.717, 1.165) is 12.0 Å². The van der Waals surface area contributed by atoms with Crippen LogP contribution in [0.2, 0.25) is 0 Å². The minimum atomic E-state index is -3.70. The van der Waals surface area contributed by atoms with E-state index in [1.807, 2.05) is 31.2 Å². The minimum Gasteiger partial charge on any atom is -0.322 e. The van der Waals surface area contributed by atoms with Crippen LogP contribution in [0.1, 0.15) is 49.2 Å². The lowest BCUT2D eigenvalue weighted by Gasteiger charge is -2.20. The average molecular weight is 375 g/mol. The van der Waals surface area contributed by atoms with Gasteiger partial charge in [0.15, 0.2) is 0 Å². The normalized spacial score (nSPS) is 12.0. The topological polar surface area (TPSA) is 75.3 Å². The quantitative estimate of drug-likeness (QED) is 0.834. The van der Waals surface area contributed by atoms with Crippen molar-refractivity contribution in [1.29, 1.82) is 0 Å². The minimum absolute atomic E-state index is 0.0745. The standard InChI is InChI=1S/C20H26N2O3S/c1-6-15-8-7-9-16(12-15)21-19(23)18-13-17(11-10-14(18)2)26(24,25)22-20(3,4)5/h7-13,22H,6H2,1-5H3,(H,21,23). The lowest BCUT2D eigenvalue weighted by molar-refractivity contribution is 0.102. The Balaban J connectivity index is 2.33. The van der Waals surface area contributed by atoms with Crippen LogP contribution in [-0.2, 0) is 16.4 Å². The number of hydrogen-bond acceptors (Lipinski definition) is 3. The van der Waals surface area contributed by atoms with Crippen molar-refractivity contribution in [2.45, 2.75) is 51.5 Å². The third kappa shape index (κ3) is 5.16. The molecule has 0 aromatic heterocycles. The number of sulfonamides is 1. The van der Waals surface area contributed by atoms with Crippen LogP contribution < -0.4 is 10.0 Å².